The first-order chi connectivity index (χ1) is 6.95. The van der Waals surface area contributed by atoms with Crippen molar-refractivity contribution in [2.45, 2.75) is 30.8 Å². The van der Waals surface area contributed by atoms with Gasteiger partial charge in [-0.1, -0.05) is 6.07 Å². The summed E-state index contributed by atoms with van der Waals surface area (Å²) in [5, 5.41) is 0.0186. The van der Waals surface area contributed by atoms with Crippen LogP contribution in [-0.4, -0.2) is 19.4 Å². The molecule has 0 spiro atoms. The Morgan fingerprint density at radius 3 is 2.53 bits per heavy atom. The van der Waals surface area contributed by atoms with E-state index in [0.717, 1.165) is 5.56 Å². The molecule has 84 valence electrons. The lowest BCUT2D eigenvalue weighted by molar-refractivity contribution is 0.566. The van der Waals surface area contributed by atoms with Crippen molar-refractivity contribution in [3.63, 3.8) is 0 Å². The summed E-state index contributed by atoms with van der Waals surface area (Å²) in [5.41, 5.74) is 0.792. The van der Waals surface area contributed by atoms with Gasteiger partial charge in [-0.3, -0.25) is 0 Å². The molecule has 1 aromatic rings. The molecule has 1 rings (SSSR count). The Bertz CT molecular complexity index is 414. The number of nitrogens with one attached hydrogen (secondary N) is 1. The molecule has 0 aliphatic heterocycles. The van der Waals surface area contributed by atoms with E-state index in [1.807, 2.05) is 0 Å². The van der Waals surface area contributed by atoms with Gasteiger partial charge < -0.3 is 0 Å². The highest BCUT2D eigenvalue weighted by Gasteiger charge is 2.16. The molecule has 1 heterocycles. The lowest BCUT2D eigenvalue weighted by Crippen LogP contribution is -2.30. The Hall–Kier alpha value is -0.650. The quantitative estimate of drug-likeness (QED) is 0.822. The number of alkyl halides is 1. The smallest absolute Gasteiger partial charge is 0.243 e. The van der Waals surface area contributed by atoms with Crippen molar-refractivity contribution in [3.8, 4) is 0 Å². The van der Waals surface area contributed by atoms with E-state index in [0.29, 0.717) is 5.88 Å². The first kappa shape index (κ1) is 12.4. The molecule has 0 saturated carbocycles. The summed E-state index contributed by atoms with van der Waals surface area (Å²) in [7, 11) is -3.49. The van der Waals surface area contributed by atoms with Crippen molar-refractivity contribution < 1.29 is 8.42 Å². The van der Waals surface area contributed by atoms with Crippen LogP contribution in [0.25, 0.3) is 0 Å². The van der Waals surface area contributed by atoms with Crippen molar-refractivity contribution in [1.82, 2.24) is 9.71 Å². The predicted molar refractivity (Wildman–Crippen MR) is 59.3 cm³/mol. The highest BCUT2D eigenvalue weighted by molar-refractivity contribution is 7.89. The zero-order valence-corrected chi connectivity index (χ0v) is 10.1. The average molecular weight is 249 g/mol. The van der Waals surface area contributed by atoms with Crippen LogP contribution in [0.5, 0.6) is 0 Å². The summed E-state index contributed by atoms with van der Waals surface area (Å²) in [6.45, 7) is 3.51. The van der Waals surface area contributed by atoms with Gasteiger partial charge in [0, 0.05) is 18.1 Å². The minimum absolute atomic E-state index is 0.0186. The number of aromatic nitrogens is 1. The zero-order chi connectivity index (χ0) is 11.5. The topological polar surface area (TPSA) is 59.1 Å². The predicted octanol–water partition coefficient (Wildman–Crippen LogP) is 1.51. The Kier molecular flexibility index (Phi) is 4.07. The SMILES string of the molecule is CC(C)NS(=O)(=O)c1ccc(CCl)cn1. The molecule has 4 nitrogen and oxygen atoms in total. The maximum atomic E-state index is 11.6. The van der Waals surface area contributed by atoms with Crippen LogP contribution in [0.1, 0.15) is 19.4 Å². The number of nitrogens with zero attached hydrogens (tertiary/aromatic N) is 1. The third kappa shape index (κ3) is 3.44. The van der Waals surface area contributed by atoms with Crippen molar-refractivity contribution in [3.05, 3.63) is 23.9 Å². The molecule has 0 saturated heterocycles. The van der Waals surface area contributed by atoms with E-state index >= 15 is 0 Å². The molecule has 0 aliphatic rings. The van der Waals surface area contributed by atoms with Gasteiger partial charge >= 0.3 is 0 Å². The van der Waals surface area contributed by atoms with Crippen molar-refractivity contribution in [1.29, 1.82) is 0 Å². The van der Waals surface area contributed by atoms with E-state index < -0.39 is 10.0 Å². The number of hydrogen-bond acceptors (Lipinski definition) is 3. The molecule has 0 aromatic carbocycles. The summed E-state index contributed by atoms with van der Waals surface area (Å²) in [5.74, 6) is 0.324. The summed E-state index contributed by atoms with van der Waals surface area (Å²) in [6, 6.07) is 2.95. The minimum Gasteiger partial charge on any atom is -0.243 e. The molecule has 0 atom stereocenters. The number of pyridine rings is 1. The van der Waals surface area contributed by atoms with Crippen LogP contribution in [0.15, 0.2) is 23.4 Å². The Balaban J connectivity index is 2.96. The molecule has 15 heavy (non-hydrogen) atoms. The lowest BCUT2D eigenvalue weighted by atomic mass is 10.3. The largest absolute Gasteiger partial charge is 0.258 e. The van der Waals surface area contributed by atoms with Crippen LogP contribution in [-0.2, 0) is 15.9 Å². The van der Waals surface area contributed by atoms with E-state index in [2.05, 4.69) is 9.71 Å². The van der Waals surface area contributed by atoms with E-state index in [1.165, 1.54) is 12.3 Å². The number of rotatable bonds is 4. The molecular formula is C9H13ClN2O2S. The minimum atomic E-state index is -3.49. The number of halogens is 1. The van der Waals surface area contributed by atoms with Crippen LogP contribution >= 0.6 is 11.6 Å². The fourth-order valence-electron chi connectivity index (χ4n) is 1.02. The van der Waals surface area contributed by atoms with Gasteiger partial charge in [-0.15, -0.1) is 11.6 Å². The van der Waals surface area contributed by atoms with E-state index in [4.69, 9.17) is 11.6 Å². The molecule has 0 unspecified atom stereocenters. The monoisotopic (exact) mass is 248 g/mol. The van der Waals surface area contributed by atoms with E-state index in [-0.39, 0.29) is 11.1 Å². The van der Waals surface area contributed by atoms with Gasteiger partial charge in [-0.25, -0.2) is 18.1 Å². The van der Waals surface area contributed by atoms with Crippen LogP contribution in [0.2, 0.25) is 0 Å². The maximum Gasteiger partial charge on any atom is 0.258 e. The third-order valence-electron chi connectivity index (χ3n) is 1.62. The van der Waals surface area contributed by atoms with Crippen LogP contribution in [0, 0.1) is 0 Å². The molecule has 6 heteroatoms. The number of hydrogen-bond donors (Lipinski definition) is 1. The summed E-state index contributed by atoms with van der Waals surface area (Å²) < 4.78 is 25.7. The molecule has 0 aliphatic carbocycles. The van der Waals surface area contributed by atoms with Gasteiger partial charge in [0.05, 0.1) is 0 Å². The standard InChI is InChI=1S/C9H13ClN2O2S/c1-7(2)12-15(13,14)9-4-3-8(5-10)6-11-9/h3-4,6-7,12H,5H2,1-2H3. The normalized spacial score (nSPS) is 12.0. The third-order valence-corrected chi connectivity index (χ3v) is 3.50. The molecule has 0 bridgehead atoms. The van der Waals surface area contributed by atoms with Gasteiger partial charge in [0.15, 0.2) is 5.03 Å². The van der Waals surface area contributed by atoms with Gasteiger partial charge in [-0.2, -0.15) is 0 Å². The molecule has 1 N–H and O–H groups in total. The second-order valence-electron chi connectivity index (χ2n) is 3.41. The highest BCUT2D eigenvalue weighted by Crippen LogP contribution is 2.08. The Morgan fingerprint density at radius 2 is 2.13 bits per heavy atom. The molecule has 0 amide bonds. The molecular weight excluding hydrogens is 236 g/mol. The van der Waals surface area contributed by atoms with Gasteiger partial charge in [-0.05, 0) is 25.5 Å². The number of sulfonamides is 1. The molecule has 0 fully saturated rings. The Labute approximate surface area is 94.7 Å². The summed E-state index contributed by atoms with van der Waals surface area (Å²) in [4.78, 5) is 3.84. The van der Waals surface area contributed by atoms with Crippen molar-refractivity contribution >= 4 is 21.6 Å². The summed E-state index contributed by atoms with van der Waals surface area (Å²) in [6.07, 6.45) is 1.46. The van der Waals surface area contributed by atoms with Crippen LogP contribution < -0.4 is 4.72 Å². The van der Waals surface area contributed by atoms with Gasteiger partial charge in [0.1, 0.15) is 0 Å². The van der Waals surface area contributed by atoms with Crippen molar-refractivity contribution in [2.75, 3.05) is 0 Å². The molecule has 0 radical (unpaired) electrons. The maximum absolute atomic E-state index is 11.6. The van der Waals surface area contributed by atoms with Crippen molar-refractivity contribution in [2.24, 2.45) is 0 Å². The fraction of sp³-hybridized carbons (Fsp3) is 0.444. The van der Waals surface area contributed by atoms with Gasteiger partial charge in [0.25, 0.3) is 10.0 Å². The lowest BCUT2D eigenvalue weighted by Gasteiger charge is -2.08. The van der Waals surface area contributed by atoms with Crippen LogP contribution in [0.3, 0.4) is 0 Å². The van der Waals surface area contributed by atoms with Gasteiger partial charge in [0.2, 0.25) is 0 Å². The Morgan fingerprint density at radius 1 is 1.47 bits per heavy atom. The average Bonchev–Trinajstić information content (AvgIpc) is 2.16. The second-order valence-corrected chi connectivity index (χ2v) is 5.34. The fourth-order valence-corrected chi connectivity index (χ4v) is 2.36. The van der Waals surface area contributed by atoms with Crippen LogP contribution in [0.4, 0.5) is 0 Å². The first-order valence-electron chi connectivity index (χ1n) is 4.49. The van der Waals surface area contributed by atoms with E-state index in [9.17, 15) is 8.42 Å². The summed E-state index contributed by atoms with van der Waals surface area (Å²) >= 11 is 5.57. The highest BCUT2D eigenvalue weighted by atomic mass is 35.5. The molecule has 1 aromatic heterocycles. The first-order valence-corrected chi connectivity index (χ1v) is 6.50. The second kappa shape index (κ2) is 4.92. The zero-order valence-electron chi connectivity index (χ0n) is 8.57. The van der Waals surface area contributed by atoms with E-state index in [1.54, 1.807) is 19.9 Å².